The lowest BCUT2D eigenvalue weighted by atomic mass is 9.77. The third-order valence-corrected chi connectivity index (χ3v) is 7.90. The fourth-order valence-corrected chi connectivity index (χ4v) is 5.62. The van der Waals surface area contributed by atoms with Crippen molar-refractivity contribution in [3.8, 4) is 10.7 Å². The van der Waals surface area contributed by atoms with Gasteiger partial charge in [0.15, 0.2) is 5.82 Å². The molecule has 0 radical (unpaired) electrons. The minimum absolute atomic E-state index is 0.0603. The SMILES string of the molecule is CC[C@@]1(c2ccc(C(F)(F)F)cc2)CCN(CCCCc2nnc(-c3scnc3C)n2C)C1. The van der Waals surface area contributed by atoms with Gasteiger partial charge in [0.2, 0.25) is 0 Å². The second-order valence-electron chi connectivity index (χ2n) is 8.96. The molecule has 1 aliphatic rings. The predicted molar refractivity (Wildman–Crippen MR) is 124 cm³/mol. The minimum Gasteiger partial charge on any atom is -0.313 e. The van der Waals surface area contributed by atoms with Crippen LogP contribution in [-0.4, -0.2) is 44.3 Å². The van der Waals surface area contributed by atoms with E-state index in [1.807, 2.05) is 19.5 Å². The average Bonchev–Trinajstić information content (AvgIpc) is 3.50. The molecule has 0 bridgehead atoms. The van der Waals surface area contributed by atoms with E-state index in [2.05, 4.69) is 31.6 Å². The standard InChI is InChI=1S/C24H30F3N5S/c1-4-23(18-8-10-19(11-9-18)24(25,26)27)12-14-32(15-23)13-6-5-7-20-29-30-22(31(20)3)21-17(2)28-16-33-21/h8-11,16H,4-7,12-15H2,1-3H3/t23-/m1/s1. The number of likely N-dealkylation sites (tertiary alicyclic amines) is 1. The molecule has 178 valence electrons. The third-order valence-electron chi connectivity index (χ3n) is 6.97. The van der Waals surface area contributed by atoms with Crippen LogP contribution in [0.4, 0.5) is 13.2 Å². The van der Waals surface area contributed by atoms with Crippen LogP contribution >= 0.6 is 11.3 Å². The normalized spacial score (nSPS) is 19.5. The first kappa shape index (κ1) is 23.9. The maximum atomic E-state index is 12.9. The number of nitrogens with zero attached hydrogens (tertiary/aromatic N) is 5. The third kappa shape index (κ3) is 4.99. The van der Waals surface area contributed by atoms with Crippen molar-refractivity contribution in [2.24, 2.45) is 7.05 Å². The van der Waals surface area contributed by atoms with E-state index < -0.39 is 11.7 Å². The molecular weight excluding hydrogens is 447 g/mol. The summed E-state index contributed by atoms with van der Waals surface area (Å²) in [6.45, 7) is 6.98. The Kier molecular flexibility index (Phi) is 6.91. The summed E-state index contributed by atoms with van der Waals surface area (Å²) >= 11 is 1.58. The molecule has 0 saturated carbocycles. The largest absolute Gasteiger partial charge is 0.416 e. The summed E-state index contributed by atoms with van der Waals surface area (Å²) < 4.78 is 40.8. The van der Waals surface area contributed by atoms with Crippen molar-refractivity contribution in [3.63, 3.8) is 0 Å². The molecule has 1 atom stereocenters. The van der Waals surface area contributed by atoms with E-state index in [4.69, 9.17) is 0 Å². The first-order valence-electron chi connectivity index (χ1n) is 11.4. The van der Waals surface area contributed by atoms with Crippen molar-refractivity contribution >= 4 is 11.3 Å². The number of benzene rings is 1. The molecule has 5 nitrogen and oxygen atoms in total. The lowest BCUT2D eigenvalue weighted by molar-refractivity contribution is -0.137. The van der Waals surface area contributed by atoms with E-state index in [9.17, 15) is 13.2 Å². The Bertz CT molecular complexity index is 1070. The fraction of sp³-hybridized carbons (Fsp3) is 0.542. The molecule has 9 heteroatoms. The van der Waals surface area contributed by atoms with Crippen LogP contribution in [-0.2, 0) is 25.1 Å². The Morgan fingerprint density at radius 3 is 2.52 bits per heavy atom. The van der Waals surface area contributed by atoms with Crippen LogP contribution in [0.1, 0.15) is 55.3 Å². The van der Waals surface area contributed by atoms with Crippen LogP contribution in [0, 0.1) is 6.92 Å². The maximum Gasteiger partial charge on any atom is 0.416 e. The summed E-state index contributed by atoms with van der Waals surface area (Å²) in [6, 6.07) is 5.79. The molecule has 0 amide bonds. The number of aryl methyl sites for hydroxylation is 2. The average molecular weight is 478 g/mol. The quantitative estimate of drug-likeness (QED) is 0.394. The van der Waals surface area contributed by atoms with Crippen LogP contribution < -0.4 is 0 Å². The smallest absolute Gasteiger partial charge is 0.313 e. The molecule has 1 fully saturated rings. The number of halogens is 3. The van der Waals surface area contributed by atoms with Crippen LogP contribution in [0.2, 0.25) is 0 Å². The van der Waals surface area contributed by atoms with Crippen LogP contribution in [0.15, 0.2) is 29.8 Å². The Hall–Kier alpha value is -2.26. The fourth-order valence-electron chi connectivity index (χ4n) is 4.80. The van der Waals surface area contributed by atoms with Crippen molar-refractivity contribution in [3.05, 3.63) is 52.4 Å². The summed E-state index contributed by atoms with van der Waals surface area (Å²) in [6.07, 6.45) is 0.553. The van der Waals surface area contributed by atoms with Gasteiger partial charge in [-0.25, -0.2) is 4.98 Å². The zero-order valence-electron chi connectivity index (χ0n) is 19.3. The lowest BCUT2D eigenvalue weighted by Crippen LogP contribution is -2.31. The highest BCUT2D eigenvalue weighted by Gasteiger charge is 2.38. The molecule has 1 saturated heterocycles. The van der Waals surface area contributed by atoms with Gasteiger partial charge in [-0.15, -0.1) is 21.5 Å². The van der Waals surface area contributed by atoms with Gasteiger partial charge in [-0.1, -0.05) is 19.1 Å². The van der Waals surface area contributed by atoms with E-state index in [1.165, 1.54) is 12.1 Å². The van der Waals surface area contributed by atoms with Gasteiger partial charge >= 0.3 is 6.18 Å². The van der Waals surface area contributed by atoms with Crippen molar-refractivity contribution < 1.29 is 13.2 Å². The predicted octanol–water partition coefficient (Wildman–Crippen LogP) is 5.64. The van der Waals surface area contributed by atoms with Crippen molar-refractivity contribution in [2.75, 3.05) is 19.6 Å². The molecule has 0 spiro atoms. The first-order valence-corrected chi connectivity index (χ1v) is 12.3. The molecule has 4 rings (SSSR count). The summed E-state index contributed by atoms with van der Waals surface area (Å²) in [5, 5.41) is 8.74. The monoisotopic (exact) mass is 477 g/mol. The van der Waals surface area contributed by atoms with Gasteiger partial charge in [0.1, 0.15) is 5.82 Å². The van der Waals surface area contributed by atoms with Gasteiger partial charge in [0.05, 0.1) is 21.6 Å². The number of aromatic nitrogens is 4. The number of hydrogen-bond donors (Lipinski definition) is 0. The maximum absolute atomic E-state index is 12.9. The first-order chi connectivity index (χ1) is 15.7. The highest BCUT2D eigenvalue weighted by atomic mass is 32.1. The highest BCUT2D eigenvalue weighted by Crippen LogP contribution is 2.39. The Balaban J connectivity index is 1.30. The van der Waals surface area contributed by atoms with E-state index >= 15 is 0 Å². The van der Waals surface area contributed by atoms with E-state index in [1.54, 1.807) is 23.5 Å². The molecule has 0 unspecified atom stereocenters. The van der Waals surface area contributed by atoms with E-state index in [0.717, 1.165) is 79.5 Å². The van der Waals surface area contributed by atoms with Crippen molar-refractivity contribution in [2.45, 2.75) is 57.5 Å². The number of unbranched alkanes of at least 4 members (excludes halogenated alkanes) is 1. The molecule has 0 aliphatic carbocycles. The van der Waals surface area contributed by atoms with Gasteiger partial charge in [-0.2, -0.15) is 13.2 Å². The Labute approximate surface area is 196 Å². The van der Waals surface area contributed by atoms with E-state index in [0.29, 0.717) is 0 Å². The van der Waals surface area contributed by atoms with Gasteiger partial charge in [-0.3, -0.25) is 0 Å². The Morgan fingerprint density at radius 2 is 1.88 bits per heavy atom. The van der Waals surface area contributed by atoms with Crippen molar-refractivity contribution in [1.29, 1.82) is 0 Å². The van der Waals surface area contributed by atoms with Crippen LogP contribution in [0.3, 0.4) is 0 Å². The van der Waals surface area contributed by atoms with Gasteiger partial charge in [0, 0.05) is 25.4 Å². The molecule has 1 aromatic carbocycles. The molecule has 0 N–H and O–H groups in total. The topological polar surface area (TPSA) is 46.8 Å². The molecule has 1 aliphatic heterocycles. The second-order valence-corrected chi connectivity index (χ2v) is 9.81. The zero-order valence-corrected chi connectivity index (χ0v) is 20.1. The minimum atomic E-state index is -4.29. The van der Waals surface area contributed by atoms with Crippen LogP contribution in [0.25, 0.3) is 10.7 Å². The molecule has 2 aromatic heterocycles. The van der Waals surface area contributed by atoms with Crippen molar-refractivity contribution in [1.82, 2.24) is 24.6 Å². The molecule has 3 heterocycles. The zero-order chi connectivity index (χ0) is 23.6. The summed E-state index contributed by atoms with van der Waals surface area (Å²) in [4.78, 5) is 7.81. The second kappa shape index (κ2) is 9.54. The summed E-state index contributed by atoms with van der Waals surface area (Å²) in [5.41, 5.74) is 3.18. The van der Waals surface area contributed by atoms with Gasteiger partial charge < -0.3 is 9.47 Å². The lowest BCUT2D eigenvalue weighted by Gasteiger charge is -2.29. The van der Waals surface area contributed by atoms with Gasteiger partial charge in [0.25, 0.3) is 0 Å². The molecule has 3 aromatic rings. The van der Waals surface area contributed by atoms with Crippen LogP contribution in [0.5, 0.6) is 0 Å². The number of thiazole rings is 1. The van der Waals surface area contributed by atoms with Gasteiger partial charge in [-0.05, 0) is 63.4 Å². The number of hydrogen-bond acceptors (Lipinski definition) is 5. The Morgan fingerprint density at radius 1 is 1.12 bits per heavy atom. The van der Waals surface area contributed by atoms with E-state index in [-0.39, 0.29) is 5.41 Å². The number of alkyl halides is 3. The summed E-state index contributed by atoms with van der Waals surface area (Å²) in [7, 11) is 2.00. The molecular formula is C24H30F3N5S. The molecule has 33 heavy (non-hydrogen) atoms. The highest BCUT2D eigenvalue weighted by molar-refractivity contribution is 7.13. The number of rotatable bonds is 8. The summed E-state index contributed by atoms with van der Waals surface area (Å²) in [5.74, 6) is 1.85.